The molecule has 0 saturated heterocycles. The lowest BCUT2D eigenvalue weighted by Gasteiger charge is -2.25. The van der Waals surface area contributed by atoms with Crippen LogP contribution in [-0.2, 0) is 6.54 Å². The van der Waals surface area contributed by atoms with Crippen LogP contribution in [0, 0.1) is 0 Å². The molecule has 2 heterocycles. The summed E-state index contributed by atoms with van der Waals surface area (Å²) in [6.45, 7) is 0.202. The van der Waals surface area contributed by atoms with E-state index in [0.29, 0.717) is 21.6 Å². The molecule has 154 valence electrons. The third-order valence-corrected chi connectivity index (χ3v) is 6.30. The molecule has 31 heavy (non-hydrogen) atoms. The van der Waals surface area contributed by atoms with E-state index in [-0.39, 0.29) is 35.0 Å². The maximum absolute atomic E-state index is 13.5. The van der Waals surface area contributed by atoms with Crippen molar-refractivity contribution in [2.45, 2.75) is 12.6 Å². The van der Waals surface area contributed by atoms with E-state index in [9.17, 15) is 14.7 Å². The molecule has 1 aromatic heterocycles. The summed E-state index contributed by atoms with van der Waals surface area (Å²) in [5.74, 6) is -0.250. The third-order valence-electron chi connectivity index (χ3n) is 5.44. The molecule has 1 atom stereocenters. The molecule has 1 aliphatic rings. The Morgan fingerprint density at radius 2 is 1.77 bits per heavy atom. The smallest absolute Gasteiger partial charge is 0.291 e. The Morgan fingerprint density at radius 3 is 2.52 bits per heavy atom. The SMILES string of the molecule is O=C1c2oc3ccc(Br)cc3c(=O)c2[C@H](c2ccc(O)cc2)N1Cc1ccccc1Cl. The van der Waals surface area contributed by atoms with Crippen LogP contribution in [0.5, 0.6) is 5.75 Å². The number of carbonyl (C=O) groups excluding carboxylic acids is 1. The maximum atomic E-state index is 13.5. The highest BCUT2D eigenvalue weighted by atomic mass is 79.9. The number of nitrogens with zero attached hydrogens (tertiary/aromatic N) is 1. The highest BCUT2D eigenvalue weighted by Crippen LogP contribution is 2.40. The van der Waals surface area contributed by atoms with Gasteiger partial charge in [-0.2, -0.15) is 0 Å². The standard InChI is InChI=1S/C24H15BrClNO4/c25-15-7-10-19-17(11-15)22(29)20-21(13-5-8-16(28)9-6-13)27(24(30)23(20)31-19)12-14-3-1-2-4-18(14)26/h1-11,21,28H,12H2/t21-/m0/s1. The van der Waals surface area contributed by atoms with E-state index in [1.54, 1.807) is 41.3 Å². The monoisotopic (exact) mass is 495 g/mol. The van der Waals surface area contributed by atoms with Gasteiger partial charge in [0.15, 0.2) is 5.43 Å². The summed E-state index contributed by atoms with van der Waals surface area (Å²) in [6, 6.07) is 18.2. The second-order valence-corrected chi connectivity index (χ2v) is 8.66. The molecule has 0 aliphatic carbocycles. The van der Waals surface area contributed by atoms with Gasteiger partial charge < -0.3 is 14.4 Å². The van der Waals surface area contributed by atoms with Gasteiger partial charge in [-0.05, 0) is 47.5 Å². The van der Waals surface area contributed by atoms with Gasteiger partial charge in [-0.15, -0.1) is 0 Å². The predicted molar refractivity (Wildman–Crippen MR) is 121 cm³/mol. The van der Waals surface area contributed by atoms with Crippen molar-refractivity contribution < 1.29 is 14.3 Å². The summed E-state index contributed by atoms with van der Waals surface area (Å²) in [5, 5.41) is 10.7. The first-order valence-electron chi connectivity index (χ1n) is 9.53. The minimum absolute atomic E-state index is 0.0324. The van der Waals surface area contributed by atoms with Crippen LogP contribution in [0.1, 0.15) is 33.3 Å². The average Bonchev–Trinajstić information content (AvgIpc) is 3.03. The van der Waals surface area contributed by atoms with Gasteiger partial charge >= 0.3 is 0 Å². The molecule has 0 saturated carbocycles. The fourth-order valence-electron chi connectivity index (χ4n) is 3.97. The maximum Gasteiger partial charge on any atom is 0.291 e. The lowest BCUT2D eigenvalue weighted by molar-refractivity contribution is 0.0714. The number of phenolic OH excluding ortho intramolecular Hbond substituents is 1. The largest absolute Gasteiger partial charge is 0.508 e. The molecule has 5 rings (SSSR count). The number of phenols is 1. The van der Waals surface area contributed by atoms with Crippen LogP contribution in [0.25, 0.3) is 11.0 Å². The Balaban J connectivity index is 1.74. The quantitative estimate of drug-likeness (QED) is 0.397. The number of fused-ring (bicyclic) bond motifs is 2. The number of carbonyl (C=O) groups is 1. The van der Waals surface area contributed by atoms with Crippen molar-refractivity contribution in [1.82, 2.24) is 4.90 Å². The van der Waals surface area contributed by atoms with E-state index in [1.165, 1.54) is 12.1 Å². The summed E-state index contributed by atoms with van der Waals surface area (Å²) in [5.41, 5.74) is 1.83. The predicted octanol–water partition coefficient (Wildman–Crippen LogP) is 5.66. The Morgan fingerprint density at radius 1 is 1.03 bits per heavy atom. The number of benzene rings is 3. The first-order valence-corrected chi connectivity index (χ1v) is 10.7. The molecule has 1 N–H and O–H groups in total. The number of aromatic hydroxyl groups is 1. The minimum atomic E-state index is -0.668. The molecular weight excluding hydrogens is 482 g/mol. The molecule has 0 bridgehead atoms. The average molecular weight is 497 g/mol. The van der Waals surface area contributed by atoms with Crippen LogP contribution < -0.4 is 5.43 Å². The van der Waals surface area contributed by atoms with Crippen LogP contribution in [0.15, 0.2) is 80.4 Å². The molecule has 0 spiro atoms. The summed E-state index contributed by atoms with van der Waals surface area (Å²) < 4.78 is 6.67. The molecule has 0 fully saturated rings. The van der Waals surface area contributed by atoms with E-state index in [4.69, 9.17) is 16.0 Å². The number of amides is 1. The van der Waals surface area contributed by atoms with Crippen molar-refractivity contribution in [2.24, 2.45) is 0 Å². The lowest BCUT2D eigenvalue weighted by Crippen LogP contribution is -2.29. The van der Waals surface area contributed by atoms with Crippen molar-refractivity contribution in [3.05, 3.63) is 109 Å². The summed E-state index contributed by atoms with van der Waals surface area (Å²) in [7, 11) is 0. The Labute approximate surface area is 190 Å². The zero-order chi connectivity index (χ0) is 21.7. The van der Waals surface area contributed by atoms with Crippen molar-refractivity contribution in [3.63, 3.8) is 0 Å². The Kier molecular flexibility index (Phi) is 4.84. The lowest BCUT2D eigenvalue weighted by atomic mass is 9.98. The highest BCUT2D eigenvalue weighted by Gasteiger charge is 2.42. The summed E-state index contributed by atoms with van der Waals surface area (Å²) >= 11 is 9.74. The van der Waals surface area contributed by atoms with Gasteiger partial charge in [-0.25, -0.2) is 0 Å². The molecule has 1 aliphatic heterocycles. The molecule has 7 heteroatoms. The van der Waals surface area contributed by atoms with Gasteiger partial charge in [0.25, 0.3) is 5.91 Å². The Hall–Kier alpha value is -3.09. The van der Waals surface area contributed by atoms with Crippen LogP contribution in [0.3, 0.4) is 0 Å². The van der Waals surface area contributed by atoms with Gasteiger partial charge in [-0.1, -0.05) is 57.9 Å². The van der Waals surface area contributed by atoms with E-state index in [0.717, 1.165) is 10.0 Å². The third kappa shape index (κ3) is 3.32. The van der Waals surface area contributed by atoms with Crippen molar-refractivity contribution >= 4 is 44.4 Å². The van der Waals surface area contributed by atoms with E-state index in [2.05, 4.69) is 15.9 Å². The molecule has 1 amide bonds. The van der Waals surface area contributed by atoms with E-state index >= 15 is 0 Å². The van der Waals surface area contributed by atoms with Crippen molar-refractivity contribution in [3.8, 4) is 5.75 Å². The zero-order valence-electron chi connectivity index (χ0n) is 16.0. The second kappa shape index (κ2) is 7.55. The van der Waals surface area contributed by atoms with Gasteiger partial charge in [0.1, 0.15) is 11.3 Å². The Bertz CT molecular complexity index is 1400. The van der Waals surface area contributed by atoms with Crippen LogP contribution in [-0.4, -0.2) is 15.9 Å². The fraction of sp³-hybridized carbons (Fsp3) is 0.0833. The summed E-state index contributed by atoms with van der Waals surface area (Å²) in [4.78, 5) is 28.5. The van der Waals surface area contributed by atoms with Crippen LogP contribution in [0.4, 0.5) is 0 Å². The highest BCUT2D eigenvalue weighted by molar-refractivity contribution is 9.10. The number of rotatable bonds is 3. The van der Waals surface area contributed by atoms with Crippen molar-refractivity contribution in [2.75, 3.05) is 0 Å². The van der Waals surface area contributed by atoms with Gasteiger partial charge in [0, 0.05) is 16.0 Å². The molecule has 4 aromatic rings. The zero-order valence-corrected chi connectivity index (χ0v) is 18.4. The van der Waals surface area contributed by atoms with E-state index in [1.807, 2.05) is 18.2 Å². The molecule has 5 nitrogen and oxygen atoms in total. The van der Waals surface area contributed by atoms with E-state index < -0.39 is 6.04 Å². The fourth-order valence-corrected chi connectivity index (χ4v) is 4.53. The number of halogens is 2. The number of hydrogen-bond acceptors (Lipinski definition) is 4. The van der Waals surface area contributed by atoms with Gasteiger partial charge in [-0.3, -0.25) is 9.59 Å². The first kappa shape index (κ1) is 19.8. The molecular formula is C24H15BrClNO4. The second-order valence-electron chi connectivity index (χ2n) is 7.33. The normalized spacial score (nSPS) is 15.5. The topological polar surface area (TPSA) is 70.8 Å². The van der Waals surface area contributed by atoms with Crippen molar-refractivity contribution in [1.29, 1.82) is 0 Å². The minimum Gasteiger partial charge on any atom is -0.508 e. The molecule has 0 radical (unpaired) electrons. The van der Waals surface area contributed by atoms with Gasteiger partial charge in [0.2, 0.25) is 5.76 Å². The van der Waals surface area contributed by atoms with Crippen LogP contribution >= 0.6 is 27.5 Å². The van der Waals surface area contributed by atoms with Crippen LogP contribution in [0.2, 0.25) is 5.02 Å². The first-order chi connectivity index (χ1) is 14.9. The summed E-state index contributed by atoms with van der Waals surface area (Å²) in [6.07, 6.45) is 0. The van der Waals surface area contributed by atoms with Gasteiger partial charge in [0.05, 0.1) is 17.0 Å². The number of hydrogen-bond donors (Lipinski definition) is 1. The molecule has 0 unspecified atom stereocenters. The molecule has 3 aromatic carbocycles.